The van der Waals surface area contributed by atoms with Crippen LogP contribution in [0.2, 0.25) is 5.02 Å². The second-order valence-electron chi connectivity index (χ2n) is 5.77. The predicted octanol–water partition coefficient (Wildman–Crippen LogP) is 2.93. The third kappa shape index (κ3) is 3.75. The Balaban J connectivity index is 1.49. The quantitative estimate of drug-likeness (QED) is 0.496. The van der Waals surface area contributed by atoms with Crippen LogP contribution in [0, 0.1) is 5.82 Å². The van der Waals surface area contributed by atoms with Gasteiger partial charge in [0.2, 0.25) is 5.78 Å². The lowest BCUT2D eigenvalue weighted by atomic mass is 10.1. The van der Waals surface area contributed by atoms with Gasteiger partial charge in [0.15, 0.2) is 5.69 Å². The van der Waals surface area contributed by atoms with Gasteiger partial charge in [-0.25, -0.2) is 13.8 Å². The second-order valence-corrected chi connectivity index (χ2v) is 6.20. The summed E-state index contributed by atoms with van der Waals surface area (Å²) in [4.78, 5) is 12.4. The van der Waals surface area contributed by atoms with Gasteiger partial charge in [-0.15, -0.1) is 10.2 Å². The first-order valence-corrected chi connectivity index (χ1v) is 8.34. The molecule has 0 N–H and O–H groups in total. The van der Waals surface area contributed by atoms with Gasteiger partial charge in [-0.2, -0.15) is 0 Å². The van der Waals surface area contributed by atoms with Gasteiger partial charge in [-0.05, 0) is 48.5 Å². The Morgan fingerprint density at radius 1 is 0.963 bits per heavy atom. The van der Waals surface area contributed by atoms with Crippen LogP contribution in [0.1, 0.15) is 21.7 Å². The van der Waals surface area contributed by atoms with Gasteiger partial charge in [0, 0.05) is 10.6 Å². The standard InChI is InChI=1S/C18H12ClFN6O/c19-13-3-7-16(8-4-13)26-10-15(21-24-26)9-25-11-17(22-23-25)18(27)12-1-5-14(20)6-2-12/h1-8,10-11H,9H2. The molecule has 0 fully saturated rings. The van der Waals surface area contributed by atoms with Crippen LogP contribution in [0.4, 0.5) is 4.39 Å². The number of benzene rings is 2. The zero-order valence-corrected chi connectivity index (χ0v) is 14.6. The lowest BCUT2D eigenvalue weighted by Gasteiger charge is -1.99. The Morgan fingerprint density at radius 2 is 1.70 bits per heavy atom. The molecular weight excluding hydrogens is 371 g/mol. The molecule has 0 radical (unpaired) electrons. The van der Waals surface area contributed by atoms with Crippen LogP contribution in [0.3, 0.4) is 0 Å². The molecule has 0 aliphatic heterocycles. The van der Waals surface area contributed by atoms with Crippen LogP contribution in [-0.4, -0.2) is 35.8 Å². The van der Waals surface area contributed by atoms with Gasteiger partial charge < -0.3 is 0 Å². The highest BCUT2D eigenvalue weighted by molar-refractivity contribution is 6.30. The SMILES string of the molecule is O=C(c1ccc(F)cc1)c1cn(Cc2cn(-c3ccc(Cl)cc3)nn2)nn1. The molecule has 0 bridgehead atoms. The van der Waals surface area contributed by atoms with Crippen molar-refractivity contribution in [2.45, 2.75) is 6.54 Å². The van der Waals surface area contributed by atoms with E-state index in [-0.39, 0.29) is 11.5 Å². The van der Waals surface area contributed by atoms with Crippen LogP contribution in [0.15, 0.2) is 60.9 Å². The summed E-state index contributed by atoms with van der Waals surface area (Å²) in [5.41, 5.74) is 1.99. The van der Waals surface area contributed by atoms with E-state index in [1.54, 1.807) is 23.0 Å². The highest BCUT2D eigenvalue weighted by atomic mass is 35.5. The van der Waals surface area contributed by atoms with Crippen molar-refractivity contribution in [1.29, 1.82) is 0 Å². The summed E-state index contributed by atoms with van der Waals surface area (Å²) in [6, 6.07) is 12.5. The lowest BCUT2D eigenvalue weighted by Crippen LogP contribution is -2.02. The van der Waals surface area contributed by atoms with Crippen molar-refractivity contribution in [2.75, 3.05) is 0 Å². The molecule has 2 aromatic heterocycles. The maximum Gasteiger partial charge on any atom is 0.214 e. The van der Waals surface area contributed by atoms with Crippen molar-refractivity contribution in [3.05, 3.63) is 88.7 Å². The Morgan fingerprint density at radius 3 is 2.44 bits per heavy atom. The summed E-state index contributed by atoms with van der Waals surface area (Å²) in [5.74, 6) is -0.731. The smallest absolute Gasteiger partial charge is 0.214 e. The van der Waals surface area contributed by atoms with Gasteiger partial charge in [-0.1, -0.05) is 22.0 Å². The first-order chi connectivity index (χ1) is 13.1. The largest absolute Gasteiger partial charge is 0.287 e. The minimum atomic E-state index is -0.404. The van der Waals surface area contributed by atoms with Crippen LogP contribution < -0.4 is 0 Å². The second kappa shape index (κ2) is 7.08. The van der Waals surface area contributed by atoms with Crippen LogP contribution in [-0.2, 0) is 6.54 Å². The molecule has 9 heteroatoms. The minimum absolute atomic E-state index is 0.173. The molecule has 27 heavy (non-hydrogen) atoms. The summed E-state index contributed by atoms with van der Waals surface area (Å²) in [7, 11) is 0. The average Bonchev–Trinajstić information content (AvgIpc) is 3.33. The number of ketones is 1. The molecular formula is C18H12ClFN6O. The molecule has 4 rings (SSSR count). The highest BCUT2D eigenvalue weighted by Gasteiger charge is 2.14. The van der Waals surface area contributed by atoms with E-state index in [1.807, 2.05) is 12.1 Å². The van der Waals surface area contributed by atoms with Gasteiger partial charge >= 0.3 is 0 Å². The van der Waals surface area contributed by atoms with Gasteiger partial charge in [-0.3, -0.25) is 4.79 Å². The van der Waals surface area contributed by atoms with Gasteiger partial charge in [0.1, 0.15) is 11.5 Å². The van der Waals surface area contributed by atoms with Gasteiger partial charge in [0.05, 0.1) is 24.6 Å². The average molecular weight is 383 g/mol. The van der Waals surface area contributed by atoms with Crippen molar-refractivity contribution in [1.82, 2.24) is 30.0 Å². The summed E-state index contributed by atoms with van der Waals surface area (Å²) in [5, 5.41) is 16.6. The number of carbonyl (C=O) groups excluding carboxylic acids is 1. The zero-order chi connectivity index (χ0) is 18.8. The topological polar surface area (TPSA) is 78.5 Å². The van der Waals surface area contributed by atoms with Crippen molar-refractivity contribution < 1.29 is 9.18 Å². The summed E-state index contributed by atoms with van der Waals surface area (Å²) >= 11 is 5.88. The number of hydrogen-bond acceptors (Lipinski definition) is 5. The number of aromatic nitrogens is 6. The third-order valence-corrected chi connectivity index (χ3v) is 4.09. The lowest BCUT2D eigenvalue weighted by molar-refractivity contribution is 0.103. The van der Waals surface area contributed by atoms with Crippen LogP contribution in [0.5, 0.6) is 0 Å². The molecule has 0 saturated heterocycles. The Hall–Kier alpha value is -3.39. The molecule has 0 unspecified atom stereocenters. The Bertz CT molecular complexity index is 1090. The maximum atomic E-state index is 13.0. The molecule has 0 atom stereocenters. The summed E-state index contributed by atoms with van der Waals surface area (Å²) in [6.07, 6.45) is 3.28. The molecule has 134 valence electrons. The van der Waals surface area contributed by atoms with E-state index in [9.17, 15) is 9.18 Å². The van der Waals surface area contributed by atoms with E-state index in [0.29, 0.717) is 22.8 Å². The molecule has 7 nitrogen and oxygen atoms in total. The Labute approximate surface area is 158 Å². The van der Waals surface area contributed by atoms with E-state index >= 15 is 0 Å². The molecule has 0 aliphatic rings. The van der Waals surface area contributed by atoms with Crippen molar-refractivity contribution in [3.63, 3.8) is 0 Å². The number of nitrogens with zero attached hydrogens (tertiary/aromatic N) is 6. The van der Waals surface area contributed by atoms with E-state index in [1.165, 1.54) is 35.1 Å². The molecule has 2 aromatic carbocycles. The minimum Gasteiger partial charge on any atom is -0.287 e. The maximum absolute atomic E-state index is 13.0. The molecule has 0 spiro atoms. The fourth-order valence-electron chi connectivity index (χ4n) is 2.49. The van der Waals surface area contributed by atoms with Crippen molar-refractivity contribution in [3.8, 4) is 5.69 Å². The summed E-state index contributed by atoms with van der Waals surface area (Å²) in [6.45, 7) is 0.303. The monoisotopic (exact) mass is 382 g/mol. The van der Waals surface area contributed by atoms with E-state index in [0.717, 1.165) is 5.69 Å². The number of carbonyl (C=O) groups is 1. The molecule has 0 saturated carbocycles. The zero-order valence-electron chi connectivity index (χ0n) is 13.8. The third-order valence-electron chi connectivity index (χ3n) is 3.83. The molecule has 4 aromatic rings. The molecule has 0 aliphatic carbocycles. The van der Waals surface area contributed by atoms with Crippen LogP contribution in [0.25, 0.3) is 5.69 Å². The van der Waals surface area contributed by atoms with Crippen molar-refractivity contribution >= 4 is 17.4 Å². The van der Waals surface area contributed by atoms with E-state index in [2.05, 4.69) is 20.6 Å². The summed E-state index contributed by atoms with van der Waals surface area (Å²) < 4.78 is 16.1. The van der Waals surface area contributed by atoms with E-state index < -0.39 is 5.82 Å². The van der Waals surface area contributed by atoms with E-state index in [4.69, 9.17) is 11.6 Å². The molecule has 2 heterocycles. The number of hydrogen-bond donors (Lipinski definition) is 0. The Kier molecular flexibility index (Phi) is 4.47. The number of rotatable bonds is 5. The highest BCUT2D eigenvalue weighted by Crippen LogP contribution is 2.13. The normalized spacial score (nSPS) is 10.9. The van der Waals surface area contributed by atoms with Crippen LogP contribution >= 0.6 is 11.6 Å². The first kappa shape index (κ1) is 17.0. The molecule has 0 amide bonds. The first-order valence-electron chi connectivity index (χ1n) is 7.96. The fraction of sp³-hybridized carbons (Fsp3) is 0.0556. The van der Waals surface area contributed by atoms with Crippen molar-refractivity contribution in [2.24, 2.45) is 0 Å². The fourth-order valence-corrected chi connectivity index (χ4v) is 2.61. The predicted molar refractivity (Wildman–Crippen MR) is 95.3 cm³/mol. The number of halogens is 2. The van der Waals surface area contributed by atoms with Gasteiger partial charge in [0.25, 0.3) is 0 Å².